The molecule has 5 heteroatoms. The molecule has 0 spiro atoms. The van der Waals surface area contributed by atoms with Crippen LogP contribution in [0.25, 0.3) is 0 Å². The van der Waals surface area contributed by atoms with E-state index in [-0.39, 0.29) is 5.97 Å². The summed E-state index contributed by atoms with van der Waals surface area (Å²) < 4.78 is 5.01. The maximum atomic E-state index is 11.8. The van der Waals surface area contributed by atoms with Crippen LogP contribution in [0.15, 0.2) is 18.2 Å². The molecule has 20 heavy (non-hydrogen) atoms. The molecule has 1 aliphatic rings. The van der Waals surface area contributed by atoms with Crippen LogP contribution in [0, 0.1) is 0 Å². The van der Waals surface area contributed by atoms with Gasteiger partial charge in [-0.25, -0.2) is 4.79 Å². The van der Waals surface area contributed by atoms with Crippen molar-refractivity contribution in [2.75, 3.05) is 37.8 Å². The molecule has 0 bridgehead atoms. The van der Waals surface area contributed by atoms with Crippen molar-refractivity contribution >= 4 is 17.3 Å². The second-order valence-corrected chi connectivity index (χ2v) is 5.27. The molecule has 3 N–H and O–H groups in total. The van der Waals surface area contributed by atoms with E-state index in [9.17, 15) is 4.79 Å². The molecule has 0 aliphatic carbocycles. The molecular formula is C15H23N3O2. The summed E-state index contributed by atoms with van der Waals surface area (Å²) in [5, 5.41) is 3.44. The normalized spacial score (nSPS) is 19.6. The first-order valence-corrected chi connectivity index (χ1v) is 7.12. The molecule has 5 nitrogen and oxygen atoms in total. The number of esters is 1. The van der Waals surface area contributed by atoms with Crippen molar-refractivity contribution in [2.24, 2.45) is 0 Å². The highest BCUT2D eigenvalue weighted by Gasteiger charge is 2.18. The van der Waals surface area contributed by atoms with Gasteiger partial charge in [-0.2, -0.15) is 0 Å². The highest BCUT2D eigenvalue weighted by Crippen LogP contribution is 2.23. The first kappa shape index (κ1) is 14.7. The third-order valence-corrected chi connectivity index (χ3v) is 3.55. The van der Waals surface area contributed by atoms with Crippen LogP contribution in [0.3, 0.4) is 0 Å². The summed E-state index contributed by atoms with van der Waals surface area (Å²) in [7, 11) is 2.12. The summed E-state index contributed by atoms with van der Waals surface area (Å²) >= 11 is 0. The molecule has 0 amide bonds. The number of rotatable bonds is 4. The Morgan fingerprint density at radius 2 is 2.35 bits per heavy atom. The lowest BCUT2D eigenvalue weighted by Gasteiger charge is -2.31. The number of ether oxygens (including phenoxy) is 1. The Morgan fingerprint density at radius 1 is 1.55 bits per heavy atom. The van der Waals surface area contributed by atoms with E-state index >= 15 is 0 Å². The van der Waals surface area contributed by atoms with Crippen molar-refractivity contribution in [1.29, 1.82) is 0 Å². The van der Waals surface area contributed by atoms with Gasteiger partial charge < -0.3 is 20.7 Å². The summed E-state index contributed by atoms with van der Waals surface area (Å²) in [5.41, 5.74) is 8.00. The molecule has 0 saturated carbocycles. The van der Waals surface area contributed by atoms with Crippen molar-refractivity contribution in [1.82, 2.24) is 4.90 Å². The average molecular weight is 277 g/mol. The fourth-order valence-electron chi connectivity index (χ4n) is 2.53. The van der Waals surface area contributed by atoms with E-state index in [1.807, 2.05) is 0 Å². The number of hydrogen-bond donors (Lipinski definition) is 2. The molecule has 0 radical (unpaired) electrons. The summed E-state index contributed by atoms with van der Waals surface area (Å²) in [6, 6.07) is 5.60. The molecule has 1 fully saturated rings. The van der Waals surface area contributed by atoms with Gasteiger partial charge >= 0.3 is 5.97 Å². The van der Waals surface area contributed by atoms with Gasteiger partial charge in [-0.05, 0) is 51.6 Å². The first-order valence-electron chi connectivity index (χ1n) is 7.12. The van der Waals surface area contributed by atoms with Crippen LogP contribution < -0.4 is 11.1 Å². The van der Waals surface area contributed by atoms with Crippen molar-refractivity contribution in [3.05, 3.63) is 23.8 Å². The molecule has 110 valence electrons. The molecule has 1 aromatic rings. The van der Waals surface area contributed by atoms with E-state index in [2.05, 4.69) is 17.3 Å². The lowest BCUT2D eigenvalue weighted by Crippen LogP contribution is -2.39. The van der Waals surface area contributed by atoms with Gasteiger partial charge in [0.1, 0.15) is 0 Å². The van der Waals surface area contributed by atoms with Crippen LogP contribution in [0.1, 0.15) is 30.1 Å². The zero-order valence-corrected chi connectivity index (χ0v) is 12.2. The van der Waals surface area contributed by atoms with Crippen LogP contribution in [0.4, 0.5) is 11.4 Å². The molecule has 1 aliphatic heterocycles. The lowest BCUT2D eigenvalue weighted by atomic mass is 10.1. The topological polar surface area (TPSA) is 67.6 Å². The number of carbonyl (C=O) groups excluding carboxylic acids is 1. The number of likely N-dealkylation sites (N-methyl/N-ethyl adjacent to an activating group) is 1. The van der Waals surface area contributed by atoms with Crippen LogP contribution >= 0.6 is 0 Å². The van der Waals surface area contributed by atoms with E-state index in [0.29, 0.717) is 23.9 Å². The Hall–Kier alpha value is -1.75. The van der Waals surface area contributed by atoms with Crippen LogP contribution in [-0.2, 0) is 4.74 Å². The summed E-state index contributed by atoms with van der Waals surface area (Å²) in [5.74, 6) is -0.309. The Bertz CT molecular complexity index is 476. The minimum Gasteiger partial charge on any atom is -0.462 e. The largest absolute Gasteiger partial charge is 0.462 e. The minimum atomic E-state index is -0.309. The van der Waals surface area contributed by atoms with Crippen molar-refractivity contribution in [3.63, 3.8) is 0 Å². The highest BCUT2D eigenvalue weighted by atomic mass is 16.5. The van der Waals surface area contributed by atoms with Gasteiger partial charge in [0.15, 0.2) is 0 Å². The zero-order valence-electron chi connectivity index (χ0n) is 12.2. The van der Waals surface area contributed by atoms with Gasteiger partial charge in [-0.15, -0.1) is 0 Å². The average Bonchev–Trinajstić information content (AvgIpc) is 2.41. The zero-order chi connectivity index (χ0) is 14.5. The second kappa shape index (κ2) is 6.61. The molecule has 1 atom stereocenters. The van der Waals surface area contributed by atoms with E-state index in [1.165, 1.54) is 6.42 Å². The Balaban J connectivity index is 2.10. The van der Waals surface area contributed by atoms with Gasteiger partial charge in [0.2, 0.25) is 0 Å². The minimum absolute atomic E-state index is 0.309. The predicted octanol–water partition coefficient (Wildman–Crippen LogP) is 1.95. The number of carbonyl (C=O) groups is 1. The summed E-state index contributed by atoms with van der Waals surface area (Å²) in [4.78, 5) is 14.1. The Morgan fingerprint density at radius 3 is 3.05 bits per heavy atom. The number of nitrogens with zero attached hydrogens (tertiary/aromatic N) is 1. The number of nitrogens with one attached hydrogen (secondary N) is 1. The van der Waals surface area contributed by atoms with Gasteiger partial charge in [0.05, 0.1) is 23.5 Å². The van der Waals surface area contributed by atoms with E-state index in [4.69, 9.17) is 10.5 Å². The molecule has 1 saturated heterocycles. The summed E-state index contributed by atoms with van der Waals surface area (Å²) in [6.45, 7) is 4.30. The third kappa shape index (κ3) is 3.63. The quantitative estimate of drug-likeness (QED) is 0.650. The van der Waals surface area contributed by atoms with Crippen LogP contribution in [0.5, 0.6) is 0 Å². The van der Waals surface area contributed by atoms with Gasteiger partial charge in [-0.3, -0.25) is 0 Å². The molecule has 1 heterocycles. The fourth-order valence-corrected chi connectivity index (χ4v) is 2.53. The van der Waals surface area contributed by atoms with Gasteiger partial charge in [-0.1, -0.05) is 0 Å². The molecule has 0 aromatic heterocycles. The van der Waals surface area contributed by atoms with Crippen molar-refractivity contribution in [2.45, 2.75) is 25.8 Å². The second-order valence-electron chi connectivity index (χ2n) is 5.27. The van der Waals surface area contributed by atoms with Crippen LogP contribution in [-0.4, -0.2) is 43.7 Å². The van der Waals surface area contributed by atoms with Gasteiger partial charge in [0.25, 0.3) is 0 Å². The van der Waals surface area contributed by atoms with Crippen molar-refractivity contribution in [3.8, 4) is 0 Å². The predicted molar refractivity (Wildman–Crippen MR) is 81.0 cm³/mol. The van der Waals surface area contributed by atoms with Crippen molar-refractivity contribution < 1.29 is 9.53 Å². The molecule has 1 unspecified atom stereocenters. The summed E-state index contributed by atoms with van der Waals surface area (Å²) in [6.07, 6.45) is 2.29. The standard InChI is InChI=1S/C15H23N3O2/c1-3-20-15(19)11-6-7-13(16)14(9-11)17-12-5-4-8-18(2)10-12/h6-7,9,12,17H,3-5,8,10,16H2,1-2H3. The lowest BCUT2D eigenvalue weighted by molar-refractivity contribution is 0.0526. The highest BCUT2D eigenvalue weighted by molar-refractivity contribution is 5.92. The number of benzene rings is 1. The molecular weight excluding hydrogens is 254 g/mol. The number of hydrogen-bond acceptors (Lipinski definition) is 5. The number of nitrogen functional groups attached to an aromatic ring is 1. The fraction of sp³-hybridized carbons (Fsp3) is 0.533. The smallest absolute Gasteiger partial charge is 0.338 e. The maximum Gasteiger partial charge on any atom is 0.338 e. The Labute approximate surface area is 120 Å². The number of anilines is 2. The number of nitrogens with two attached hydrogens (primary N) is 1. The maximum absolute atomic E-state index is 11.8. The van der Waals surface area contributed by atoms with E-state index < -0.39 is 0 Å². The SMILES string of the molecule is CCOC(=O)c1ccc(N)c(NC2CCCN(C)C2)c1. The first-order chi connectivity index (χ1) is 9.60. The number of likely N-dealkylation sites (tertiary alicyclic amines) is 1. The number of piperidine rings is 1. The van der Waals surface area contributed by atoms with Gasteiger partial charge in [0, 0.05) is 12.6 Å². The van der Waals surface area contributed by atoms with Crippen LogP contribution in [0.2, 0.25) is 0 Å². The molecule has 2 rings (SSSR count). The molecule has 1 aromatic carbocycles. The third-order valence-electron chi connectivity index (χ3n) is 3.55. The van der Waals surface area contributed by atoms with E-state index in [0.717, 1.165) is 25.2 Å². The monoisotopic (exact) mass is 277 g/mol. The Kier molecular flexibility index (Phi) is 4.84. The van der Waals surface area contributed by atoms with E-state index in [1.54, 1.807) is 25.1 Å².